The number of ether oxygens (including phenoxy) is 1. The van der Waals surface area contributed by atoms with Crippen molar-refractivity contribution in [3.05, 3.63) is 52.4 Å². The topological polar surface area (TPSA) is 39.4 Å². The van der Waals surface area contributed by atoms with Gasteiger partial charge in [-0.1, -0.05) is 24.3 Å². The molecule has 0 spiro atoms. The molecular formula is C16H14O3. The summed E-state index contributed by atoms with van der Waals surface area (Å²) in [4.78, 5) is 12.2. The molecule has 2 aromatic carbocycles. The second-order valence-corrected chi connectivity index (χ2v) is 4.45. The van der Waals surface area contributed by atoms with Gasteiger partial charge in [-0.2, -0.15) is 0 Å². The quantitative estimate of drug-likeness (QED) is 0.655. The summed E-state index contributed by atoms with van der Waals surface area (Å²) >= 11 is 0. The average molecular weight is 254 g/mol. The summed E-state index contributed by atoms with van der Waals surface area (Å²) in [5.41, 5.74) is 0.560. The van der Waals surface area contributed by atoms with E-state index in [1.807, 2.05) is 31.2 Å². The van der Waals surface area contributed by atoms with Crippen LogP contribution in [-0.2, 0) is 0 Å². The Morgan fingerprint density at radius 1 is 1.16 bits per heavy atom. The fourth-order valence-electron chi connectivity index (χ4n) is 2.39. The monoisotopic (exact) mass is 254 g/mol. The SMILES string of the molecule is CCOc1cc2oc(C)cc(=O)c2c2ccccc12. The van der Waals surface area contributed by atoms with Gasteiger partial charge in [0.1, 0.15) is 17.1 Å². The van der Waals surface area contributed by atoms with Crippen molar-refractivity contribution in [1.82, 2.24) is 0 Å². The highest BCUT2D eigenvalue weighted by Gasteiger charge is 2.11. The van der Waals surface area contributed by atoms with Crippen LogP contribution >= 0.6 is 0 Å². The molecule has 96 valence electrons. The Morgan fingerprint density at radius 3 is 2.63 bits per heavy atom. The van der Waals surface area contributed by atoms with Crippen molar-refractivity contribution < 1.29 is 9.15 Å². The fourth-order valence-corrected chi connectivity index (χ4v) is 2.39. The number of benzene rings is 2. The molecule has 0 radical (unpaired) electrons. The zero-order chi connectivity index (χ0) is 13.4. The Morgan fingerprint density at radius 2 is 1.89 bits per heavy atom. The van der Waals surface area contributed by atoms with Gasteiger partial charge in [0.15, 0.2) is 5.43 Å². The van der Waals surface area contributed by atoms with Crippen molar-refractivity contribution in [2.75, 3.05) is 6.61 Å². The minimum Gasteiger partial charge on any atom is -0.493 e. The van der Waals surface area contributed by atoms with Gasteiger partial charge in [0, 0.05) is 22.9 Å². The van der Waals surface area contributed by atoms with Crippen molar-refractivity contribution in [3.63, 3.8) is 0 Å². The molecule has 0 saturated carbocycles. The number of rotatable bonds is 2. The first-order chi connectivity index (χ1) is 9.20. The van der Waals surface area contributed by atoms with Gasteiger partial charge in [-0.3, -0.25) is 4.79 Å². The van der Waals surface area contributed by atoms with Gasteiger partial charge in [0.05, 0.1) is 12.0 Å². The van der Waals surface area contributed by atoms with Crippen molar-refractivity contribution in [2.24, 2.45) is 0 Å². The summed E-state index contributed by atoms with van der Waals surface area (Å²) in [7, 11) is 0. The fraction of sp³-hybridized carbons (Fsp3) is 0.188. The molecule has 0 aliphatic carbocycles. The van der Waals surface area contributed by atoms with E-state index in [4.69, 9.17) is 9.15 Å². The summed E-state index contributed by atoms with van der Waals surface area (Å²) in [6.45, 7) is 4.29. The lowest BCUT2D eigenvalue weighted by molar-refractivity contribution is 0.344. The van der Waals surface area contributed by atoms with Crippen LogP contribution in [0.4, 0.5) is 0 Å². The molecule has 0 aliphatic heterocycles. The van der Waals surface area contributed by atoms with Crippen LogP contribution in [0, 0.1) is 6.92 Å². The lowest BCUT2D eigenvalue weighted by Crippen LogP contribution is -2.02. The maximum atomic E-state index is 12.2. The number of hydrogen-bond acceptors (Lipinski definition) is 3. The van der Waals surface area contributed by atoms with E-state index in [1.165, 1.54) is 6.07 Å². The third kappa shape index (κ3) is 1.87. The maximum absolute atomic E-state index is 12.2. The van der Waals surface area contributed by atoms with Crippen LogP contribution in [0.5, 0.6) is 5.75 Å². The largest absolute Gasteiger partial charge is 0.493 e. The van der Waals surface area contributed by atoms with E-state index in [9.17, 15) is 4.79 Å². The van der Waals surface area contributed by atoms with E-state index in [-0.39, 0.29) is 5.43 Å². The van der Waals surface area contributed by atoms with Gasteiger partial charge < -0.3 is 9.15 Å². The van der Waals surface area contributed by atoms with Crippen LogP contribution in [0.3, 0.4) is 0 Å². The molecule has 0 unspecified atom stereocenters. The molecule has 3 heteroatoms. The smallest absolute Gasteiger partial charge is 0.193 e. The third-order valence-electron chi connectivity index (χ3n) is 3.12. The average Bonchev–Trinajstić information content (AvgIpc) is 2.38. The summed E-state index contributed by atoms with van der Waals surface area (Å²) in [6, 6.07) is 11.1. The Hall–Kier alpha value is -2.29. The van der Waals surface area contributed by atoms with Crippen molar-refractivity contribution in [3.8, 4) is 5.75 Å². The molecule has 1 heterocycles. The molecule has 0 atom stereocenters. The number of fused-ring (bicyclic) bond motifs is 3. The Balaban J connectivity index is 2.54. The molecule has 0 amide bonds. The van der Waals surface area contributed by atoms with E-state index in [0.29, 0.717) is 23.3 Å². The van der Waals surface area contributed by atoms with Crippen LogP contribution in [-0.4, -0.2) is 6.61 Å². The molecule has 0 fully saturated rings. The third-order valence-corrected chi connectivity index (χ3v) is 3.12. The van der Waals surface area contributed by atoms with Crippen molar-refractivity contribution in [2.45, 2.75) is 13.8 Å². The molecule has 19 heavy (non-hydrogen) atoms. The second-order valence-electron chi connectivity index (χ2n) is 4.45. The van der Waals surface area contributed by atoms with Gasteiger partial charge in [-0.25, -0.2) is 0 Å². The van der Waals surface area contributed by atoms with Crippen LogP contribution in [0.1, 0.15) is 12.7 Å². The summed E-state index contributed by atoms with van der Waals surface area (Å²) in [5.74, 6) is 1.36. The first-order valence-corrected chi connectivity index (χ1v) is 6.29. The Bertz CT molecular complexity index is 815. The lowest BCUT2D eigenvalue weighted by Gasteiger charge is -2.10. The first-order valence-electron chi connectivity index (χ1n) is 6.29. The summed E-state index contributed by atoms with van der Waals surface area (Å²) in [6.07, 6.45) is 0. The second kappa shape index (κ2) is 4.43. The van der Waals surface area contributed by atoms with Crippen LogP contribution < -0.4 is 10.2 Å². The predicted octanol–water partition coefficient (Wildman–Crippen LogP) is 3.65. The zero-order valence-electron chi connectivity index (χ0n) is 10.9. The van der Waals surface area contributed by atoms with E-state index in [0.717, 1.165) is 16.5 Å². The standard InChI is InChI=1S/C16H14O3/c1-3-18-14-9-15-16(13(17)8-10(2)19-15)12-7-5-4-6-11(12)14/h4-9H,3H2,1-2H3. The van der Waals surface area contributed by atoms with Crippen LogP contribution in [0.25, 0.3) is 21.7 Å². The van der Waals surface area contributed by atoms with E-state index in [2.05, 4.69) is 0 Å². The number of hydrogen-bond donors (Lipinski definition) is 0. The van der Waals surface area contributed by atoms with Gasteiger partial charge in [-0.05, 0) is 13.8 Å². The van der Waals surface area contributed by atoms with Crippen molar-refractivity contribution >= 4 is 21.7 Å². The van der Waals surface area contributed by atoms with Gasteiger partial charge in [0.25, 0.3) is 0 Å². The lowest BCUT2D eigenvalue weighted by atomic mass is 10.0. The normalized spacial score (nSPS) is 11.1. The highest BCUT2D eigenvalue weighted by molar-refractivity contribution is 6.08. The Labute approximate surface area is 110 Å². The molecule has 0 bridgehead atoms. The molecule has 0 saturated heterocycles. The molecular weight excluding hydrogens is 240 g/mol. The van der Waals surface area contributed by atoms with Crippen molar-refractivity contribution in [1.29, 1.82) is 0 Å². The molecule has 3 nitrogen and oxygen atoms in total. The minimum atomic E-state index is -0.0157. The zero-order valence-corrected chi connectivity index (χ0v) is 10.9. The molecule has 3 rings (SSSR count). The summed E-state index contributed by atoms with van der Waals surface area (Å²) < 4.78 is 11.3. The van der Waals surface area contributed by atoms with Crippen LogP contribution in [0.2, 0.25) is 0 Å². The van der Waals surface area contributed by atoms with E-state index >= 15 is 0 Å². The van der Waals surface area contributed by atoms with E-state index in [1.54, 1.807) is 13.0 Å². The van der Waals surface area contributed by atoms with Crippen LogP contribution in [0.15, 0.2) is 45.6 Å². The van der Waals surface area contributed by atoms with Gasteiger partial charge in [0.2, 0.25) is 0 Å². The highest BCUT2D eigenvalue weighted by atomic mass is 16.5. The number of aryl methyl sites for hydroxylation is 1. The Kier molecular flexibility index (Phi) is 2.75. The van der Waals surface area contributed by atoms with E-state index < -0.39 is 0 Å². The van der Waals surface area contributed by atoms with Gasteiger partial charge >= 0.3 is 0 Å². The predicted molar refractivity (Wildman–Crippen MR) is 75.9 cm³/mol. The maximum Gasteiger partial charge on any atom is 0.193 e. The molecule has 0 aliphatic rings. The summed E-state index contributed by atoms with van der Waals surface area (Å²) in [5, 5.41) is 2.43. The minimum absolute atomic E-state index is 0.0157. The molecule has 0 N–H and O–H groups in total. The highest BCUT2D eigenvalue weighted by Crippen LogP contribution is 2.32. The molecule has 3 aromatic rings. The molecule has 1 aromatic heterocycles. The van der Waals surface area contributed by atoms with Gasteiger partial charge in [-0.15, -0.1) is 0 Å². The first kappa shape index (κ1) is 11.8.